The fourth-order valence-electron chi connectivity index (χ4n) is 5.16. The number of nitrogens with one attached hydrogen (secondary N) is 1. The molecule has 2 atom stereocenters. The zero-order valence-electron chi connectivity index (χ0n) is 22.2. The molecule has 0 bridgehead atoms. The standard InChI is InChI=1S/C29H33N5O4/c1-15-16(2)37-28(36)19-7-10-24(33-26(15)19)32-25-11-20-21(12-31-25)23(9-8-22(20)29(3,4)30)38-18-13-34(14-18)27(35)17-5-6-17/h7-12,15-18H,5-6,13-14,30H2,1-4H3,(H,31,32,33)/t15-,16-/m0/s1. The Labute approximate surface area is 221 Å². The Morgan fingerprint density at radius 1 is 1.13 bits per heavy atom. The molecule has 3 aromatic rings. The van der Waals surface area contributed by atoms with Gasteiger partial charge in [0.2, 0.25) is 5.91 Å². The number of rotatable bonds is 6. The van der Waals surface area contributed by atoms with Gasteiger partial charge in [0.15, 0.2) is 0 Å². The molecule has 2 aliphatic heterocycles. The molecule has 2 aromatic heterocycles. The van der Waals surface area contributed by atoms with E-state index in [4.69, 9.17) is 20.2 Å². The van der Waals surface area contributed by atoms with Gasteiger partial charge in [0.1, 0.15) is 29.6 Å². The number of cyclic esters (lactones) is 1. The molecule has 9 heteroatoms. The van der Waals surface area contributed by atoms with Crippen molar-refractivity contribution in [1.82, 2.24) is 14.9 Å². The average Bonchev–Trinajstić information content (AvgIpc) is 3.69. The number of fused-ring (bicyclic) bond motifs is 2. The Hall–Kier alpha value is -3.72. The fourth-order valence-corrected chi connectivity index (χ4v) is 5.16. The minimum atomic E-state index is -0.588. The quantitative estimate of drug-likeness (QED) is 0.468. The summed E-state index contributed by atoms with van der Waals surface area (Å²) in [4.78, 5) is 35.8. The molecule has 0 unspecified atom stereocenters. The molecule has 4 heterocycles. The minimum absolute atomic E-state index is 0.0136. The van der Waals surface area contributed by atoms with Crippen molar-refractivity contribution in [2.75, 3.05) is 18.4 Å². The largest absolute Gasteiger partial charge is 0.486 e. The van der Waals surface area contributed by atoms with E-state index >= 15 is 0 Å². The van der Waals surface area contributed by atoms with Gasteiger partial charge in [-0.1, -0.05) is 13.0 Å². The van der Waals surface area contributed by atoms with Crippen LogP contribution in [0.2, 0.25) is 0 Å². The van der Waals surface area contributed by atoms with Crippen LogP contribution in [-0.4, -0.2) is 52.0 Å². The molecule has 2 fully saturated rings. The lowest BCUT2D eigenvalue weighted by molar-refractivity contribution is -0.141. The molecular weight excluding hydrogens is 482 g/mol. The number of nitrogens with zero attached hydrogens (tertiary/aromatic N) is 3. The number of hydrogen-bond donors (Lipinski definition) is 2. The minimum Gasteiger partial charge on any atom is -0.486 e. The zero-order valence-corrected chi connectivity index (χ0v) is 22.2. The number of pyridine rings is 2. The van der Waals surface area contributed by atoms with Crippen LogP contribution in [0.15, 0.2) is 36.5 Å². The van der Waals surface area contributed by atoms with E-state index in [9.17, 15) is 9.59 Å². The summed E-state index contributed by atoms with van der Waals surface area (Å²) in [7, 11) is 0. The highest BCUT2D eigenvalue weighted by atomic mass is 16.5. The maximum Gasteiger partial charge on any atom is 0.340 e. The summed E-state index contributed by atoms with van der Waals surface area (Å²) >= 11 is 0. The van der Waals surface area contributed by atoms with E-state index in [0.29, 0.717) is 36.0 Å². The van der Waals surface area contributed by atoms with Crippen molar-refractivity contribution in [3.8, 4) is 5.75 Å². The van der Waals surface area contributed by atoms with Gasteiger partial charge in [-0.05, 0) is 68.8 Å². The van der Waals surface area contributed by atoms with Crippen LogP contribution in [0.5, 0.6) is 5.75 Å². The maximum atomic E-state index is 12.3. The maximum absolute atomic E-state index is 12.3. The Bertz CT molecular complexity index is 1440. The van der Waals surface area contributed by atoms with E-state index in [-0.39, 0.29) is 35.9 Å². The molecule has 38 heavy (non-hydrogen) atoms. The first-order chi connectivity index (χ1) is 18.1. The lowest BCUT2D eigenvalue weighted by Gasteiger charge is -2.39. The van der Waals surface area contributed by atoms with Crippen molar-refractivity contribution in [2.24, 2.45) is 11.7 Å². The van der Waals surface area contributed by atoms with Crippen molar-refractivity contribution >= 4 is 34.3 Å². The molecule has 1 aromatic carbocycles. The van der Waals surface area contributed by atoms with Gasteiger partial charge in [0.25, 0.3) is 0 Å². The number of esters is 1. The third kappa shape index (κ3) is 4.45. The molecule has 1 aliphatic carbocycles. The highest BCUT2D eigenvalue weighted by Gasteiger charge is 2.40. The van der Waals surface area contributed by atoms with E-state index in [0.717, 1.165) is 34.9 Å². The molecule has 0 radical (unpaired) electrons. The second-order valence-electron chi connectivity index (χ2n) is 11.4. The van der Waals surface area contributed by atoms with Gasteiger partial charge in [0.05, 0.1) is 24.3 Å². The second kappa shape index (κ2) is 8.94. The SMILES string of the molecule is C[C@@H]1OC(=O)c2ccc(Nc3cc4c(C(C)(C)N)ccc(OC5CN(C(=O)C6CC6)C5)c4cn3)nc2[C@H]1C. The van der Waals surface area contributed by atoms with Crippen LogP contribution < -0.4 is 15.8 Å². The predicted molar refractivity (Wildman–Crippen MR) is 143 cm³/mol. The Balaban J connectivity index is 1.28. The number of anilines is 2. The Morgan fingerprint density at radius 3 is 2.61 bits per heavy atom. The van der Waals surface area contributed by atoms with Crippen LogP contribution in [0.1, 0.15) is 68.1 Å². The average molecular weight is 516 g/mol. The zero-order chi connectivity index (χ0) is 26.8. The summed E-state index contributed by atoms with van der Waals surface area (Å²) in [5.41, 5.74) is 8.13. The number of carbonyl (C=O) groups is 2. The number of ether oxygens (including phenoxy) is 2. The molecule has 6 rings (SSSR count). The summed E-state index contributed by atoms with van der Waals surface area (Å²) in [5, 5.41) is 5.09. The van der Waals surface area contributed by atoms with Gasteiger partial charge in [-0.15, -0.1) is 0 Å². The molecule has 9 nitrogen and oxygen atoms in total. The molecule has 1 saturated carbocycles. The van der Waals surface area contributed by atoms with Crippen molar-refractivity contribution in [3.05, 3.63) is 53.3 Å². The normalized spacial score (nSPS) is 21.5. The van der Waals surface area contributed by atoms with E-state index in [1.54, 1.807) is 18.3 Å². The van der Waals surface area contributed by atoms with Crippen molar-refractivity contribution in [3.63, 3.8) is 0 Å². The van der Waals surface area contributed by atoms with Crippen LogP contribution in [-0.2, 0) is 15.1 Å². The predicted octanol–water partition coefficient (Wildman–Crippen LogP) is 4.23. The van der Waals surface area contributed by atoms with E-state index < -0.39 is 5.54 Å². The number of likely N-dealkylation sites (tertiary alicyclic amines) is 1. The molecule has 198 valence electrons. The van der Waals surface area contributed by atoms with E-state index in [1.165, 1.54) is 0 Å². The second-order valence-corrected chi connectivity index (χ2v) is 11.4. The van der Waals surface area contributed by atoms with Crippen molar-refractivity contribution in [1.29, 1.82) is 0 Å². The number of nitrogens with two attached hydrogens (primary N) is 1. The molecule has 0 spiro atoms. The highest BCUT2D eigenvalue weighted by molar-refractivity contribution is 5.94. The number of amides is 1. The van der Waals surface area contributed by atoms with Crippen molar-refractivity contribution < 1.29 is 19.1 Å². The summed E-state index contributed by atoms with van der Waals surface area (Å²) in [6.45, 7) is 9.04. The number of benzene rings is 1. The fraction of sp³-hybridized carbons (Fsp3) is 0.448. The lowest BCUT2D eigenvalue weighted by Crippen LogP contribution is -2.56. The van der Waals surface area contributed by atoms with Crippen LogP contribution in [0.25, 0.3) is 10.8 Å². The third-order valence-corrected chi connectivity index (χ3v) is 7.76. The summed E-state index contributed by atoms with van der Waals surface area (Å²) < 4.78 is 11.7. The van der Waals surface area contributed by atoms with E-state index in [2.05, 4.69) is 10.3 Å². The highest BCUT2D eigenvalue weighted by Crippen LogP contribution is 2.37. The van der Waals surface area contributed by atoms with Gasteiger partial charge in [-0.25, -0.2) is 14.8 Å². The lowest BCUT2D eigenvalue weighted by atomic mass is 9.90. The van der Waals surface area contributed by atoms with Gasteiger partial charge in [-0.2, -0.15) is 0 Å². The van der Waals surface area contributed by atoms with Gasteiger partial charge >= 0.3 is 5.97 Å². The van der Waals surface area contributed by atoms with Crippen molar-refractivity contribution in [2.45, 2.75) is 64.2 Å². The number of aromatic nitrogens is 2. The van der Waals surface area contributed by atoms with E-state index in [1.807, 2.05) is 50.8 Å². The molecule has 3 aliphatic rings. The third-order valence-electron chi connectivity index (χ3n) is 7.76. The summed E-state index contributed by atoms with van der Waals surface area (Å²) in [6, 6.07) is 9.40. The number of hydrogen-bond acceptors (Lipinski definition) is 8. The number of carbonyl (C=O) groups excluding carboxylic acids is 2. The first kappa shape index (κ1) is 24.6. The van der Waals surface area contributed by atoms with Crippen LogP contribution in [0.3, 0.4) is 0 Å². The molecule has 1 saturated heterocycles. The van der Waals surface area contributed by atoms with Gasteiger partial charge in [0, 0.05) is 29.0 Å². The summed E-state index contributed by atoms with van der Waals surface area (Å²) in [6.07, 6.45) is 3.53. The molecule has 1 amide bonds. The first-order valence-corrected chi connectivity index (χ1v) is 13.2. The molecule has 3 N–H and O–H groups in total. The first-order valence-electron chi connectivity index (χ1n) is 13.2. The topological polar surface area (TPSA) is 120 Å². The van der Waals surface area contributed by atoms with Crippen LogP contribution in [0.4, 0.5) is 11.6 Å². The summed E-state index contributed by atoms with van der Waals surface area (Å²) in [5.74, 6) is 2.05. The Kier molecular flexibility index (Phi) is 5.79. The van der Waals surface area contributed by atoms with Gasteiger partial charge in [-0.3, -0.25) is 4.79 Å². The Morgan fingerprint density at radius 2 is 1.89 bits per heavy atom. The van der Waals surface area contributed by atoms with Gasteiger partial charge < -0.3 is 25.4 Å². The van der Waals surface area contributed by atoms with Crippen LogP contribution in [0, 0.1) is 5.92 Å². The monoisotopic (exact) mass is 515 g/mol. The molecular formula is C29H33N5O4. The smallest absolute Gasteiger partial charge is 0.340 e. The van der Waals surface area contributed by atoms with Crippen LogP contribution >= 0.6 is 0 Å².